The predicted molar refractivity (Wildman–Crippen MR) is 88.8 cm³/mol. The van der Waals surface area contributed by atoms with Crippen LogP contribution in [0.5, 0.6) is 0 Å². The highest BCUT2D eigenvalue weighted by Crippen LogP contribution is 2.26. The van der Waals surface area contributed by atoms with Crippen LogP contribution >= 0.6 is 27.5 Å². The number of nitrogens with two attached hydrogens (primary N) is 1. The largest absolute Gasteiger partial charge is 0.398 e. The van der Waals surface area contributed by atoms with Crippen molar-refractivity contribution in [3.05, 3.63) is 57.0 Å². The summed E-state index contributed by atoms with van der Waals surface area (Å²) in [6, 6.07) is 10.3. The van der Waals surface area contributed by atoms with Gasteiger partial charge >= 0.3 is 0 Å². The van der Waals surface area contributed by atoms with Crippen molar-refractivity contribution in [1.29, 1.82) is 0 Å². The summed E-state index contributed by atoms with van der Waals surface area (Å²) < 4.78 is 28.0. The minimum Gasteiger partial charge on any atom is -0.398 e. The van der Waals surface area contributed by atoms with E-state index in [4.69, 9.17) is 17.3 Å². The molecular formula is C14H14BrClN2O2S. The van der Waals surface area contributed by atoms with Crippen LogP contribution in [0.3, 0.4) is 0 Å². The molecule has 0 unspecified atom stereocenters. The predicted octanol–water partition coefficient (Wildman–Crippen LogP) is 3.47. The van der Waals surface area contributed by atoms with E-state index >= 15 is 0 Å². The summed E-state index contributed by atoms with van der Waals surface area (Å²) in [5.41, 5.74) is 7.73. The normalized spacial score (nSPS) is 11.6. The fourth-order valence-corrected chi connectivity index (χ4v) is 3.63. The van der Waals surface area contributed by atoms with Crippen molar-refractivity contribution < 1.29 is 8.42 Å². The molecule has 4 nitrogen and oxygen atoms in total. The lowest BCUT2D eigenvalue weighted by atomic mass is 10.2. The van der Waals surface area contributed by atoms with E-state index in [0.717, 1.165) is 15.6 Å². The number of anilines is 1. The summed E-state index contributed by atoms with van der Waals surface area (Å²) in [4.78, 5) is -0.00983. The zero-order valence-corrected chi connectivity index (χ0v) is 14.4. The monoisotopic (exact) mass is 388 g/mol. The Balaban J connectivity index is 2.22. The van der Waals surface area contributed by atoms with Crippen molar-refractivity contribution in [2.75, 3.05) is 5.73 Å². The molecule has 0 atom stereocenters. The van der Waals surface area contributed by atoms with E-state index in [2.05, 4.69) is 20.7 Å². The van der Waals surface area contributed by atoms with Crippen LogP contribution in [0.4, 0.5) is 5.69 Å². The highest BCUT2D eigenvalue weighted by molar-refractivity contribution is 9.10. The van der Waals surface area contributed by atoms with Crippen molar-refractivity contribution in [1.82, 2.24) is 4.72 Å². The molecule has 0 saturated heterocycles. The number of halogens is 2. The Morgan fingerprint density at radius 2 is 1.86 bits per heavy atom. The fourth-order valence-electron chi connectivity index (χ4n) is 1.73. The first-order valence-corrected chi connectivity index (χ1v) is 8.75. The van der Waals surface area contributed by atoms with E-state index in [0.29, 0.717) is 5.69 Å². The minimum absolute atomic E-state index is 0.00983. The van der Waals surface area contributed by atoms with Crippen molar-refractivity contribution in [3.63, 3.8) is 0 Å². The van der Waals surface area contributed by atoms with E-state index in [1.807, 2.05) is 24.3 Å². The molecule has 7 heteroatoms. The molecule has 0 aliphatic heterocycles. The number of hydrogen-bond donors (Lipinski definition) is 2. The van der Waals surface area contributed by atoms with Crippen molar-refractivity contribution in [3.8, 4) is 0 Å². The van der Waals surface area contributed by atoms with E-state index in [1.54, 1.807) is 13.0 Å². The molecule has 21 heavy (non-hydrogen) atoms. The third kappa shape index (κ3) is 3.97. The summed E-state index contributed by atoms with van der Waals surface area (Å²) in [5, 5.41) is 0.157. The molecule has 0 fully saturated rings. The van der Waals surface area contributed by atoms with Gasteiger partial charge in [0.2, 0.25) is 10.0 Å². The molecule has 2 aromatic rings. The van der Waals surface area contributed by atoms with Crippen molar-refractivity contribution in [2.45, 2.75) is 18.4 Å². The van der Waals surface area contributed by atoms with Crippen molar-refractivity contribution >= 4 is 43.2 Å². The molecule has 3 N–H and O–H groups in total. The molecule has 0 radical (unpaired) electrons. The maximum absolute atomic E-state index is 12.3. The Morgan fingerprint density at radius 1 is 1.24 bits per heavy atom. The van der Waals surface area contributed by atoms with Crippen LogP contribution in [-0.4, -0.2) is 8.42 Å². The van der Waals surface area contributed by atoms with Crippen LogP contribution in [0.25, 0.3) is 0 Å². The highest BCUT2D eigenvalue weighted by Gasteiger charge is 2.19. The van der Waals surface area contributed by atoms with Crippen LogP contribution < -0.4 is 10.5 Å². The summed E-state index contributed by atoms with van der Waals surface area (Å²) >= 11 is 9.33. The van der Waals surface area contributed by atoms with Gasteiger partial charge in [0, 0.05) is 16.7 Å². The summed E-state index contributed by atoms with van der Waals surface area (Å²) in [7, 11) is -3.71. The lowest BCUT2D eigenvalue weighted by Gasteiger charge is -2.10. The Kier molecular flexibility index (Phi) is 4.93. The lowest BCUT2D eigenvalue weighted by Crippen LogP contribution is -2.23. The van der Waals surface area contributed by atoms with Crippen molar-refractivity contribution in [2.24, 2.45) is 0 Å². The maximum Gasteiger partial charge on any atom is 0.242 e. The summed E-state index contributed by atoms with van der Waals surface area (Å²) in [6.07, 6.45) is 0. The van der Waals surface area contributed by atoms with E-state index in [-0.39, 0.29) is 16.5 Å². The molecule has 0 bridgehead atoms. The number of nitrogens with one attached hydrogen (secondary N) is 1. The van der Waals surface area contributed by atoms with Crippen LogP contribution in [0, 0.1) is 6.92 Å². The van der Waals surface area contributed by atoms with Gasteiger partial charge < -0.3 is 5.73 Å². The first-order valence-electron chi connectivity index (χ1n) is 6.09. The van der Waals surface area contributed by atoms with Gasteiger partial charge in [-0.1, -0.05) is 39.7 Å². The SMILES string of the molecule is Cc1cc(Cl)c(S(=O)(=O)NCc2ccc(Br)cc2)cc1N. The number of aryl methyl sites for hydroxylation is 1. The summed E-state index contributed by atoms with van der Waals surface area (Å²) in [5.74, 6) is 0. The molecule has 0 spiro atoms. The molecule has 2 aromatic carbocycles. The third-order valence-corrected chi connectivity index (χ3v) is 5.38. The zero-order valence-electron chi connectivity index (χ0n) is 11.2. The molecule has 0 aromatic heterocycles. The second-order valence-electron chi connectivity index (χ2n) is 4.59. The average molecular weight is 390 g/mol. The van der Waals surface area contributed by atoms with Crippen LogP contribution in [-0.2, 0) is 16.6 Å². The Labute approximate surface area is 137 Å². The van der Waals surface area contributed by atoms with E-state index < -0.39 is 10.0 Å². The quantitative estimate of drug-likeness (QED) is 0.786. The lowest BCUT2D eigenvalue weighted by molar-refractivity contribution is 0.581. The highest BCUT2D eigenvalue weighted by atomic mass is 79.9. The molecule has 112 valence electrons. The molecule has 0 amide bonds. The first-order chi connectivity index (χ1) is 9.79. The zero-order chi connectivity index (χ0) is 15.6. The van der Waals surface area contributed by atoms with Gasteiger partial charge in [-0.15, -0.1) is 0 Å². The minimum atomic E-state index is -3.71. The smallest absolute Gasteiger partial charge is 0.242 e. The molecule has 0 heterocycles. The Bertz CT molecular complexity index is 761. The number of benzene rings is 2. The number of nitrogen functional groups attached to an aromatic ring is 1. The number of sulfonamides is 1. The van der Waals surface area contributed by atoms with Gasteiger partial charge in [0.05, 0.1) is 5.02 Å². The van der Waals surface area contributed by atoms with E-state index in [9.17, 15) is 8.42 Å². The van der Waals surface area contributed by atoms with E-state index in [1.165, 1.54) is 6.07 Å². The number of rotatable bonds is 4. The topological polar surface area (TPSA) is 72.2 Å². The molecule has 0 aliphatic rings. The molecular weight excluding hydrogens is 376 g/mol. The third-order valence-electron chi connectivity index (χ3n) is 2.99. The summed E-state index contributed by atoms with van der Waals surface area (Å²) in [6.45, 7) is 1.95. The molecule has 0 aliphatic carbocycles. The Hall–Kier alpha value is -1.08. The maximum atomic E-state index is 12.3. The fraction of sp³-hybridized carbons (Fsp3) is 0.143. The van der Waals surface area contributed by atoms with Gasteiger partial charge in [-0.2, -0.15) is 0 Å². The average Bonchev–Trinajstić information content (AvgIpc) is 2.42. The van der Waals surface area contributed by atoms with Crippen LogP contribution in [0.2, 0.25) is 5.02 Å². The van der Waals surface area contributed by atoms with Crippen LogP contribution in [0.1, 0.15) is 11.1 Å². The Morgan fingerprint density at radius 3 is 2.48 bits per heavy atom. The van der Waals surface area contributed by atoms with Gasteiger partial charge in [-0.3, -0.25) is 0 Å². The van der Waals surface area contributed by atoms with Gasteiger partial charge in [0.25, 0.3) is 0 Å². The molecule has 2 rings (SSSR count). The van der Waals surface area contributed by atoms with Gasteiger partial charge in [-0.25, -0.2) is 13.1 Å². The number of hydrogen-bond acceptors (Lipinski definition) is 3. The second kappa shape index (κ2) is 6.36. The van der Waals surface area contributed by atoms with Gasteiger partial charge in [0.15, 0.2) is 0 Å². The standard InChI is InChI=1S/C14H14BrClN2O2S/c1-9-6-12(16)14(7-13(9)17)21(19,20)18-8-10-2-4-11(15)5-3-10/h2-7,18H,8,17H2,1H3. The first kappa shape index (κ1) is 16.3. The van der Waals surface area contributed by atoms with Gasteiger partial charge in [-0.05, 0) is 42.3 Å². The van der Waals surface area contributed by atoms with Crippen LogP contribution in [0.15, 0.2) is 45.8 Å². The molecule has 0 saturated carbocycles. The van der Waals surface area contributed by atoms with Gasteiger partial charge in [0.1, 0.15) is 4.90 Å². The second-order valence-corrected chi connectivity index (χ2v) is 7.65.